The molecule has 1 N–H and O–H groups in total. The molecule has 1 fully saturated rings. The highest BCUT2D eigenvalue weighted by atomic mass is 19.1. The van der Waals surface area contributed by atoms with Gasteiger partial charge in [0.1, 0.15) is 11.5 Å². The van der Waals surface area contributed by atoms with Crippen LogP contribution >= 0.6 is 0 Å². The highest BCUT2D eigenvalue weighted by Gasteiger charge is 2.18. The number of aromatic nitrogens is 4. The molecule has 3 aromatic rings. The van der Waals surface area contributed by atoms with Gasteiger partial charge in [-0.3, -0.25) is 14.5 Å². The van der Waals surface area contributed by atoms with E-state index in [4.69, 9.17) is 0 Å². The van der Waals surface area contributed by atoms with Crippen LogP contribution in [0.3, 0.4) is 0 Å². The summed E-state index contributed by atoms with van der Waals surface area (Å²) >= 11 is 0. The van der Waals surface area contributed by atoms with E-state index in [0.29, 0.717) is 18.8 Å². The van der Waals surface area contributed by atoms with Crippen molar-refractivity contribution in [1.29, 1.82) is 0 Å². The second-order valence-electron chi connectivity index (χ2n) is 7.08. The highest BCUT2D eigenvalue weighted by molar-refractivity contribution is 5.92. The normalized spacial score (nSPS) is 14.4. The molecule has 160 valence electrons. The molecule has 0 spiro atoms. The standard InChI is InChI=1S/C21H22FN7O2/c22-16-2-4-17(5-3-16)29-19(30)7-6-18(26-29)20(31)23-10-11-27-12-14-28(15-13-27)21-24-8-1-9-25-21/h1-9H,10-15H2,(H,23,31). The van der Waals surface area contributed by atoms with Crippen LogP contribution in [0.1, 0.15) is 10.5 Å². The molecule has 0 radical (unpaired) electrons. The summed E-state index contributed by atoms with van der Waals surface area (Å²) in [6.07, 6.45) is 3.47. The maximum Gasteiger partial charge on any atom is 0.271 e. The number of piperazine rings is 1. The number of anilines is 1. The second-order valence-corrected chi connectivity index (χ2v) is 7.08. The minimum Gasteiger partial charge on any atom is -0.349 e. The van der Waals surface area contributed by atoms with E-state index in [-0.39, 0.29) is 11.6 Å². The quantitative estimate of drug-likeness (QED) is 0.624. The van der Waals surface area contributed by atoms with E-state index in [1.165, 1.54) is 36.4 Å². The lowest BCUT2D eigenvalue weighted by Gasteiger charge is -2.34. The molecule has 0 aliphatic carbocycles. The maximum atomic E-state index is 13.1. The van der Waals surface area contributed by atoms with Gasteiger partial charge >= 0.3 is 0 Å². The van der Waals surface area contributed by atoms with Crippen LogP contribution in [0.25, 0.3) is 5.69 Å². The first-order valence-corrected chi connectivity index (χ1v) is 9.99. The molecule has 0 atom stereocenters. The lowest BCUT2D eigenvalue weighted by Crippen LogP contribution is -2.49. The van der Waals surface area contributed by atoms with Crippen molar-refractivity contribution < 1.29 is 9.18 Å². The summed E-state index contributed by atoms with van der Waals surface area (Å²) in [5.74, 6) is -0.0483. The van der Waals surface area contributed by atoms with E-state index in [2.05, 4.69) is 30.2 Å². The second kappa shape index (κ2) is 9.43. The van der Waals surface area contributed by atoms with Crippen LogP contribution in [-0.4, -0.2) is 69.8 Å². The van der Waals surface area contributed by atoms with Crippen LogP contribution in [0.15, 0.2) is 59.7 Å². The molecule has 1 amide bonds. The Morgan fingerprint density at radius 1 is 1.00 bits per heavy atom. The number of hydrogen-bond acceptors (Lipinski definition) is 7. The number of carbonyl (C=O) groups is 1. The molecule has 9 nitrogen and oxygen atoms in total. The molecule has 3 heterocycles. The monoisotopic (exact) mass is 423 g/mol. The third-order valence-corrected chi connectivity index (χ3v) is 5.02. The van der Waals surface area contributed by atoms with Crippen LogP contribution in [-0.2, 0) is 0 Å². The first-order valence-electron chi connectivity index (χ1n) is 9.99. The topological polar surface area (TPSA) is 96.3 Å². The van der Waals surface area contributed by atoms with Gasteiger partial charge in [-0.2, -0.15) is 9.78 Å². The molecule has 0 saturated carbocycles. The number of amides is 1. The Morgan fingerprint density at radius 3 is 2.42 bits per heavy atom. The van der Waals surface area contributed by atoms with Gasteiger partial charge in [0.2, 0.25) is 5.95 Å². The third-order valence-electron chi connectivity index (χ3n) is 5.02. The molecular weight excluding hydrogens is 401 g/mol. The Labute approximate surface area is 178 Å². The van der Waals surface area contributed by atoms with E-state index in [1.54, 1.807) is 18.5 Å². The summed E-state index contributed by atoms with van der Waals surface area (Å²) in [4.78, 5) is 37.5. The summed E-state index contributed by atoms with van der Waals surface area (Å²) in [6.45, 7) is 4.50. The molecule has 4 rings (SSSR count). The smallest absolute Gasteiger partial charge is 0.271 e. The van der Waals surface area contributed by atoms with Gasteiger partial charge < -0.3 is 10.2 Å². The van der Waals surface area contributed by atoms with Crippen molar-refractivity contribution in [2.24, 2.45) is 0 Å². The number of benzene rings is 1. The fourth-order valence-corrected chi connectivity index (χ4v) is 3.34. The molecule has 1 aliphatic rings. The number of nitrogens with zero attached hydrogens (tertiary/aromatic N) is 6. The Kier molecular flexibility index (Phi) is 6.27. The third kappa shape index (κ3) is 5.10. The van der Waals surface area contributed by atoms with Crippen molar-refractivity contribution >= 4 is 11.9 Å². The van der Waals surface area contributed by atoms with Gasteiger partial charge in [0.05, 0.1) is 5.69 Å². The van der Waals surface area contributed by atoms with Crippen molar-refractivity contribution in [2.45, 2.75) is 0 Å². The summed E-state index contributed by atoms with van der Waals surface area (Å²) < 4.78 is 14.2. The molecule has 1 aromatic carbocycles. The summed E-state index contributed by atoms with van der Waals surface area (Å²) in [5.41, 5.74) is 0.111. The van der Waals surface area contributed by atoms with Crippen LogP contribution in [0.4, 0.5) is 10.3 Å². The molecule has 0 unspecified atom stereocenters. The number of hydrogen-bond donors (Lipinski definition) is 1. The average molecular weight is 423 g/mol. The fraction of sp³-hybridized carbons (Fsp3) is 0.286. The predicted octanol–water partition coefficient (Wildman–Crippen LogP) is 0.714. The zero-order valence-corrected chi connectivity index (χ0v) is 16.8. The number of nitrogens with one attached hydrogen (secondary N) is 1. The van der Waals surface area contributed by atoms with Crippen LogP contribution < -0.4 is 15.8 Å². The van der Waals surface area contributed by atoms with Gasteiger partial charge in [0, 0.05) is 57.7 Å². The molecule has 10 heteroatoms. The van der Waals surface area contributed by atoms with Crippen molar-refractivity contribution in [3.05, 3.63) is 76.7 Å². The van der Waals surface area contributed by atoms with Gasteiger partial charge in [-0.25, -0.2) is 14.4 Å². The number of rotatable bonds is 6. The van der Waals surface area contributed by atoms with Crippen molar-refractivity contribution in [3.63, 3.8) is 0 Å². The van der Waals surface area contributed by atoms with Crippen LogP contribution in [0.2, 0.25) is 0 Å². The van der Waals surface area contributed by atoms with Gasteiger partial charge in [-0.15, -0.1) is 0 Å². The fourth-order valence-electron chi connectivity index (χ4n) is 3.34. The van der Waals surface area contributed by atoms with Crippen LogP contribution in [0, 0.1) is 5.82 Å². The molecule has 1 saturated heterocycles. The SMILES string of the molecule is O=C(NCCN1CCN(c2ncccn2)CC1)c1ccc(=O)n(-c2ccc(F)cc2)n1. The van der Waals surface area contributed by atoms with Crippen molar-refractivity contribution in [3.8, 4) is 5.69 Å². The van der Waals surface area contributed by atoms with E-state index < -0.39 is 11.4 Å². The summed E-state index contributed by atoms with van der Waals surface area (Å²) in [5, 5.41) is 6.96. The number of halogens is 1. The van der Waals surface area contributed by atoms with Gasteiger partial charge in [0.15, 0.2) is 0 Å². The lowest BCUT2D eigenvalue weighted by molar-refractivity contribution is 0.0941. The molecule has 2 aromatic heterocycles. The highest BCUT2D eigenvalue weighted by Crippen LogP contribution is 2.09. The minimum absolute atomic E-state index is 0.120. The Morgan fingerprint density at radius 2 is 1.71 bits per heavy atom. The summed E-state index contributed by atoms with van der Waals surface area (Å²) in [7, 11) is 0. The minimum atomic E-state index is -0.414. The predicted molar refractivity (Wildman–Crippen MR) is 113 cm³/mol. The molecule has 31 heavy (non-hydrogen) atoms. The molecule has 0 bridgehead atoms. The lowest BCUT2D eigenvalue weighted by atomic mass is 10.3. The Balaban J connectivity index is 1.29. The number of carbonyl (C=O) groups excluding carboxylic acids is 1. The first kappa shape index (κ1) is 20.6. The Hall–Kier alpha value is -3.66. The maximum absolute atomic E-state index is 13.1. The van der Waals surface area contributed by atoms with Gasteiger partial charge in [0.25, 0.3) is 11.5 Å². The molecular formula is C21H22FN7O2. The van der Waals surface area contributed by atoms with E-state index in [0.717, 1.165) is 36.8 Å². The average Bonchev–Trinajstić information content (AvgIpc) is 2.81. The van der Waals surface area contributed by atoms with Gasteiger partial charge in [-0.05, 0) is 36.4 Å². The zero-order valence-electron chi connectivity index (χ0n) is 16.8. The summed E-state index contributed by atoms with van der Waals surface area (Å²) in [6, 6.07) is 9.80. The van der Waals surface area contributed by atoms with E-state index in [9.17, 15) is 14.0 Å². The largest absolute Gasteiger partial charge is 0.349 e. The van der Waals surface area contributed by atoms with E-state index >= 15 is 0 Å². The van der Waals surface area contributed by atoms with Crippen molar-refractivity contribution in [1.82, 2.24) is 30.0 Å². The zero-order chi connectivity index (χ0) is 21.6. The van der Waals surface area contributed by atoms with Crippen molar-refractivity contribution in [2.75, 3.05) is 44.2 Å². The molecule has 1 aliphatic heterocycles. The van der Waals surface area contributed by atoms with Crippen LogP contribution in [0.5, 0.6) is 0 Å². The first-order chi connectivity index (χ1) is 15.1. The van der Waals surface area contributed by atoms with Gasteiger partial charge in [-0.1, -0.05) is 0 Å². The van der Waals surface area contributed by atoms with E-state index in [1.807, 2.05) is 0 Å². The Bertz CT molecular complexity index is 1080.